The minimum absolute atomic E-state index is 0.0441. The number of likely N-dealkylation sites (N-methyl/N-ethyl adjacent to an activating group) is 1. The maximum absolute atomic E-state index is 11.8. The first kappa shape index (κ1) is 15.2. The minimum atomic E-state index is -2.03. The number of carbonyl (C=O) groups is 3. The highest BCUT2D eigenvalue weighted by molar-refractivity contribution is 5.85. The molecule has 0 aromatic carbocycles. The Bertz CT molecular complexity index is 383. The zero-order valence-corrected chi connectivity index (χ0v) is 11.0. The minimum Gasteiger partial charge on any atom is -0.479 e. The van der Waals surface area contributed by atoms with E-state index in [-0.39, 0.29) is 12.5 Å². The molecule has 0 aromatic heterocycles. The van der Waals surface area contributed by atoms with Crippen LogP contribution in [0.2, 0.25) is 0 Å². The van der Waals surface area contributed by atoms with Crippen LogP contribution in [0.25, 0.3) is 0 Å². The maximum atomic E-state index is 11.8. The summed E-state index contributed by atoms with van der Waals surface area (Å²) < 4.78 is 0. The molecule has 1 aliphatic rings. The number of rotatable bonds is 3. The van der Waals surface area contributed by atoms with Crippen LogP contribution in [-0.2, 0) is 9.59 Å². The first-order chi connectivity index (χ1) is 8.74. The van der Waals surface area contributed by atoms with Gasteiger partial charge in [0.25, 0.3) is 0 Å². The van der Waals surface area contributed by atoms with Crippen molar-refractivity contribution in [2.75, 3.05) is 33.2 Å². The fraction of sp³-hybridized carbons (Fsp3) is 0.727. The van der Waals surface area contributed by atoms with Crippen molar-refractivity contribution in [3.05, 3.63) is 0 Å². The number of aliphatic hydroxyl groups is 1. The quantitative estimate of drug-likeness (QED) is 0.591. The second-order valence-corrected chi connectivity index (χ2v) is 4.83. The Kier molecular flexibility index (Phi) is 4.71. The highest BCUT2D eigenvalue weighted by Crippen LogP contribution is 2.05. The van der Waals surface area contributed by atoms with Crippen LogP contribution >= 0.6 is 0 Å². The summed E-state index contributed by atoms with van der Waals surface area (Å²) in [6.45, 7) is 1.63. The number of urea groups is 1. The summed E-state index contributed by atoms with van der Waals surface area (Å²) in [6, 6.07) is -0.551. The lowest BCUT2D eigenvalue weighted by Gasteiger charge is -2.23. The van der Waals surface area contributed by atoms with Gasteiger partial charge in [0.2, 0.25) is 5.91 Å². The van der Waals surface area contributed by atoms with Gasteiger partial charge in [-0.1, -0.05) is 0 Å². The number of amides is 3. The van der Waals surface area contributed by atoms with Crippen LogP contribution < -0.4 is 5.32 Å². The predicted octanol–water partition coefficient (Wildman–Crippen LogP) is -1.30. The van der Waals surface area contributed by atoms with E-state index < -0.39 is 24.1 Å². The zero-order chi connectivity index (χ0) is 14.6. The van der Waals surface area contributed by atoms with E-state index in [1.54, 1.807) is 11.9 Å². The van der Waals surface area contributed by atoms with Crippen molar-refractivity contribution in [1.82, 2.24) is 15.1 Å². The number of nitrogens with one attached hydrogen (secondary N) is 1. The molecule has 0 radical (unpaired) electrons. The summed E-state index contributed by atoms with van der Waals surface area (Å²) in [4.78, 5) is 36.9. The molecule has 3 N–H and O–H groups in total. The Hall–Kier alpha value is -1.83. The van der Waals surface area contributed by atoms with Gasteiger partial charge in [0.1, 0.15) is 6.54 Å². The van der Waals surface area contributed by atoms with Crippen molar-refractivity contribution in [3.63, 3.8) is 0 Å². The third kappa shape index (κ3) is 4.09. The SMILES string of the molecule is CN1CCCN(C(=O)NCC(C)(O)C(=O)O)CC1=O. The highest BCUT2D eigenvalue weighted by atomic mass is 16.4. The van der Waals surface area contributed by atoms with Crippen molar-refractivity contribution < 1.29 is 24.6 Å². The van der Waals surface area contributed by atoms with Crippen molar-refractivity contribution in [3.8, 4) is 0 Å². The Balaban J connectivity index is 2.54. The lowest BCUT2D eigenvalue weighted by atomic mass is 10.1. The first-order valence-corrected chi connectivity index (χ1v) is 5.96. The van der Waals surface area contributed by atoms with E-state index in [9.17, 15) is 19.5 Å². The standard InChI is InChI=1S/C11H19N3O5/c1-11(19,9(16)17)7-12-10(18)14-5-3-4-13(2)8(15)6-14/h19H,3-7H2,1-2H3,(H,12,18)(H,16,17). The molecule has 1 atom stereocenters. The second-order valence-electron chi connectivity index (χ2n) is 4.83. The van der Waals surface area contributed by atoms with Gasteiger partial charge >= 0.3 is 12.0 Å². The van der Waals surface area contributed by atoms with Crippen LogP contribution in [0.3, 0.4) is 0 Å². The number of hydrogen-bond acceptors (Lipinski definition) is 4. The second kappa shape index (κ2) is 5.87. The summed E-state index contributed by atoms with van der Waals surface area (Å²) in [5.41, 5.74) is -2.03. The number of carboxylic acid groups (broad SMARTS) is 1. The third-order valence-corrected chi connectivity index (χ3v) is 3.01. The van der Waals surface area contributed by atoms with E-state index in [1.165, 1.54) is 4.90 Å². The molecule has 108 valence electrons. The molecule has 1 heterocycles. The van der Waals surface area contributed by atoms with E-state index in [1.807, 2.05) is 0 Å². The summed E-state index contributed by atoms with van der Waals surface area (Å²) in [5, 5.41) is 20.5. The van der Waals surface area contributed by atoms with E-state index in [0.717, 1.165) is 6.92 Å². The van der Waals surface area contributed by atoms with Crippen molar-refractivity contribution in [2.24, 2.45) is 0 Å². The average molecular weight is 273 g/mol. The summed E-state index contributed by atoms with van der Waals surface area (Å²) in [5.74, 6) is -1.59. The van der Waals surface area contributed by atoms with Gasteiger partial charge in [0, 0.05) is 20.1 Å². The number of hydrogen-bond donors (Lipinski definition) is 3. The predicted molar refractivity (Wildman–Crippen MR) is 65.5 cm³/mol. The molecular weight excluding hydrogens is 254 g/mol. The Morgan fingerprint density at radius 1 is 1.42 bits per heavy atom. The van der Waals surface area contributed by atoms with Gasteiger partial charge in [-0.05, 0) is 13.3 Å². The van der Waals surface area contributed by atoms with Crippen LogP contribution in [0.5, 0.6) is 0 Å². The van der Waals surface area contributed by atoms with Crippen LogP contribution in [0, 0.1) is 0 Å². The fourth-order valence-corrected chi connectivity index (χ4v) is 1.59. The fourth-order valence-electron chi connectivity index (χ4n) is 1.59. The molecule has 0 bridgehead atoms. The molecule has 8 nitrogen and oxygen atoms in total. The Morgan fingerprint density at radius 3 is 2.63 bits per heavy atom. The Morgan fingerprint density at radius 2 is 2.05 bits per heavy atom. The molecule has 0 spiro atoms. The zero-order valence-electron chi connectivity index (χ0n) is 11.0. The molecule has 1 rings (SSSR count). The van der Waals surface area contributed by atoms with Crippen LogP contribution in [0.4, 0.5) is 4.79 Å². The molecule has 3 amide bonds. The Labute approximate surface area is 111 Å². The first-order valence-electron chi connectivity index (χ1n) is 5.96. The van der Waals surface area contributed by atoms with Gasteiger partial charge in [-0.15, -0.1) is 0 Å². The molecular formula is C11H19N3O5. The van der Waals surface area contributed by atoms with Crippen molar-refractivity contribution in [2.45, 2.75) is 18.9 Å². The molecule has 0 aromatic rings. The normalized spacial score (nSPS) is 19.6. The van der Waals surface area contributed by atoms with Gasteiger partial charge in [0.05, 0.1) is 6.54 Å². The topological polar surface area (TPSA) is 110 Å². The maximum Gasteiger partial charge on any atom is 0.337 e. The molecule has 8 heteroatoms. The monoisotopic (exact) mass is 273 g/mol. The number of nitrogens with zero attached hydrogens (tertiary/aromatic N) is 2. The van der Waals surface area contributed by atoms with Gasteiger partial charge in [-0.3, -0.25) is 4.79 Å². The van der Waals surface area contributed by atoms with E-state index in [4.69, 9.17) is 5.11 Å². The van der Waals surface area contributed by atoms with Gasteiger partial charge in [-0.2, -0.15) is 0 Å². The van der Waals surface area contributed by atoms with Crippen LogP contribution in [0.15, 0.2) is 0 Å². The van der Waals surface area contributed by atoms with E-state index in [0.29, 0.717) is 19.5 Å². The van der Waals surface area contributed by atoms with Crippen molar-refractivity contribution in [1.29, 1.82) is 0 Å². The molecule has 1 aliphatic heterocycles. The molecule has 0 saturated carbocycles. The van der Waals surface area contributed by atoms with E-state index >= 15 is 0 Å². The van der Waals surface area contributed by atoms with E-state index in [2.05, 4.69) is 5.32 Å². The number of carboxylic acids is 1. The molecule has 1 fully saturated rings. The average Bonchev–Trinajstić information content (AvgIpc) is 2.49. The largest absolute Gasteiger partial charge is 0.479 e. The molecule has 19 heavy (non-hydrogen) atoms. The highest BCUT2D eigenvalue weighted by Gasteiger charge is 2.31. The molecule has 1 unspecified atom stereocenters. The van der Waals surface area contributed by atoms with Crippen LogP contribution in [-0.4, -0.2) is 76.7 Å². The lowest BCUT2D eigenvalue weighted by molar-refractivity contribution is -0.155. The molecule has 1 saturated heterocycles. The van der Waals surface area contributed by atoms with Gasteiger partial charge in [0.15, 0.2) is 5.60 Å². The third-order valence-electron chi connectivity index (χ3n) is 3.01. The van der Waals surface area contributed by atoms with Crippen LogP contribution in [0.1, 0.15) is 13.3 Å². The van der Waals surface area contributed by atoms with Gasteiger partial charge in [-0.25, -0.2) is 9.59 Å². The molecule has 0 aliphatic carbocycles. The summed E-state index contributed by atoms with van der Waals surface area (Å²) in [7, 11) is 1.67. The number of carbonyl (C=O) groups excluding carboxylic acids is 2. The summed E-state index contributed by atoms with van der Waals surface area (Å²) >= 11 is 0. The smallest absolute Gasteiger partial charge is 0.337 e. The lowest BCUT2D eigenvalue weighted by Crippen LogP contribution is -2.51. The van der Waals surface area contributed by atoms with Gasteiger partial charge < -0.3 is 25.3 Å². The van der Waals surface area contributed by atoms with Crippen molar-refractivity contribution >= 4 is 17.9 Å². The number of aliphatic carboxylic acids is 1. The summed E-state index contributed by atoms with van der Waals surface area (Å²) in [6.07, 6.45) is 0.658.